The van der Waals surface area contributed by atoms with Gasteiger partial charge in [-0.1, -0.05) is 19.1 Å². The molecule has 1 aliphatic carbocycles. The van der Waals surface area contributed by atoms with Crippen LogP contribution in [-0.4, -0.2) is 101 Å². The molecule has 270 valence electrons. The molecule has 4 heterocycles. The smallest absolute Gasteiger partial charge is 0.414 e. The van der Waals surface area contributed by atoms with E-state index in [4.69, 9.17) is 4.74 Å². The molecular formula is C36H49FN8O5. The Morgan fingerprint density at radius 1 is 1.10 bits per heavy atom. The number of nitrogens with zero attached hydrogens (tertiary/aromatic N) is 5. The zero-order valence-electron chi connectivity index (χ0n) is 29.0. The van der Waals surface area contributed by atoms with E-state index in [0.717, 1.165) is 71.1 Å². The molecule has 0 radical (unpaired) electrons. The van der Waals surface area contributed by atoms with E-state index in [9.17, 15) is 23.6 Å². The molecule has 3 aliphatic heterocycles. The van der Waals surface area contributed by atoms with Crippen LogP contribution in [-0.2, 0) is 19.1 Å². The van der Waals surface area contributed by atoms with Gasteiger partial charge in [0.15, 0.2) is 5.82 Å². The largest absolute Gasteiger partial charge is 0.449 e. The molecule has 6 rings (SSSR count). The van der Waals surface area contributed by atoms with Crippen molar-refractivity contribution in [2.45, 2.75) is 89.9 Å². The van der Waals surface area contributed by atoms with E-state index in [1.807, 2.05) is 4.90 Å². The number of rotatable bonds is 11. The fourth-order valence-corrected chi connectivity index (χ4v) is 7.65. The Balaban J connectivity index is 0.957. The predicted molar refractivity (Wildman–Crippen MR) is 185 cm³/mol. The Bertz CT molecular complexity index is 1540. The number of hydrogen-bond acceptors (Lipinski definition) is 10. The molecule has 1 aromatic heterocycles. The first-order valence-electron chi connectivity index (χ1n) is 18.1. The monoisotopic (exact) mass is 692 g/mol. The van der Waals surface area contributed by atoms with Crippen LogP contribution in [0.1, 0.15) is 71.6 Å². The van der Waals surface area contributed by atoms with Crippen molar-refractivity contribution in [2.75, 3.05) is 49.5 Å². The van der Waals surface area contributed by atoms with Gasteiger partial charge in [0.2, 0.25) is 23.7 Å². The molecule has 1 aromatic carbocycles. The van der Waals surface area contributed by atoms with E-state index in [1.165, 1.54) is 6.20 Å². The van der Waals surface area contributed by atoms with E-state index in [0.29, 0.717) is 49.1 Å². The number of hydrogen-bond donors (Lipinski definition) is 3. The quantitative estimate of drug-likeness (QED) is 0.234. The van der Waals surface area contributed by atoms with E-state index in [1.54, 1.807) is 29.2 Å². The van der Waals surface area contributed by atoms with Gasteiger partial charge in [-0.2, -0.15) is 0 Å². The summed E-state index contributed by atoms with van der Waals surface area (Å²) in [4.78, 5) is 64.1. The Morgan fingerprint density at radius 2 is 1.88 bits per heavy atom. The minimum Gasteiger partial charge on any atom is -0.449 e. The molecule has 13 nitrogen and oxygen atoms in total. The number of benzene rings is 1. The molecular weight excluding hydrogens is 643 g/mol. The second-order valence-corrected chi connectivity index (χ2v) is 14.0. The predicted octanol–water partition coefficient (Wildman–Crippen LogP) is 3.90. The standard InChI is InChI=1S/C36H49FN8O5/c1-3-43(23(2)39-30-12-13-31(46)41-33(30)47)22-24-14-17-44(18-15-24)34(48)25-8-10-27(11-9-25)40-35-38-21-29(37)32(42-35)26-6-4-7-28(20-26)45-16-5-19-50-36(45)49/h4,6-7,20-21,23-25,27,30,39H,3,5,8-19,22H2,1-2H3,(H,38,40,42)(H,41,46,47)/t23?,25?,27?,30-/m1/s1. The summed E-state index contributed by atoms with van der Waals surface area (Å²) in [5.74, 6) is 0.0194. The van der Waals surface area contributed by atoms with Crippen LogP contribution >= 0.6 is 0 Å². The highest BCUT2D eigenvalue weighted by molar-refractivity contribution is 6.00. The minimum absolute atomic E-state index is 0.00238. The van der Waals surface area contributed by atoms with Crippen molar-refractivity contribution in [2.24, 2.45) is 11.8 Å². The number of carbonyl (C=O) groups excluding carboxylic acids is 4. The van der Waals surface area contributed by atoms with Crippen LogP contribution in [0.4, 0.5) is 20.8 Å². The third-order valence-corrected chi connectivity index (χ3v) is 10.6. The zero-order valence-corrected chi connectivity index (χ0v) is 29.0. The minimum atomic E-state index is -0.548. The lowest BCUT2D eigenvalue weighted by atomic mass is 9.84. The van der Waals surface area contributed by atoms with Crippen LogP contribution in [0, 0.1) is 17.7 Å². The van der Waals surface area contributed by atoms with Gasteiger partial charge in [0.1, 0.15) is 5.69 Å². The third-order valence-electron chi connectivity index (χ3n) is 10.6. The number of imide groups is 1. The summed E-state index contributed by atoms with van der Waals surface area (Å²) in [6.45, 7) is 8.34. The van der Waals surface area contributed by atoms with Gasteiger partial charge >= 0.3 is 6.09 Å². The SMILES string of the molecule is CCN(CC1CCN(C(=O)C2CCC(Nc3ncc(F)c(-c4cccc(N5CCCOC5=O)c4)n3)CC2)CC1)C(C)N[C@@H]1CCC(=O)NC1=O. The molecule has 1 saturated carbocycles. The van der Waals surface area contributed by atoms with Gasteiger partial charge < -0.3 is 15.0 Å². The van der Waals surface area contributed by atoms with Crippen molar-refractivity contribution >= 4 is 35.5 Å². The summed E-state index contributed by atoms with van der Waals surface area (Å²) in [6, 6.07) is 6.78. The lowest BCUT2D eigenvalue weighted by molar-refractivity contribution is -0.138. The normalized spacial score (nSPS) is 24.2. The lowest BCUT2D eigenvalue weighted by Gasteiger charge is -2.39. The molecule has 4 aliphatic rings. The number of amides is 4. The van der Waals surface area contributed by atoms with Crippen LogP contribution in [0.2, 0.25) is 0 Å². The third kappa shape index (κ3) is 8.58. The molecule has 50 heavy (non-hydrogen) atoms. The van der Waals surface area contributed by atoms with E-state index >= 15 is 0 Å². The first-order chi connectivity index (χ1) is 24.2. The summed E-state index contributed by atoms with van der Waals surface area (Å²) in [5, 5.41) is 9.18. The number of anilines is 2. The summed E-state index contributed by atoms with van der Waals surface area (Å²) >= 11 is 0. The van der Waals surface area contributed by atoms with Gasteiger partial charge in [-0.3, -0.25) is 34.8 Å². The van der Waals surface area contributed by atoms with Crippen molar-refractivity contribution in [3.05, 3.63) is 36.3 Å². The number of likely N-dealkylation sites (tertiary alicyclic amines) is 1. The summed E-state index contributed by atoms with van der Waals surface area (Å²) < 4.78 is 20.1. The summed E-state index contributed by atoms with van der Waals surface area (Å²) in [5.41, 5.74) is 1.33. The lowest BCUT2D eigenvalue weighted by Crippen LogP contribution is -2.57. The van der Waals surface area contributed by atoms with Gasteiger partial charge in [0.05, 0.1) is 25.0 Å². The number of halogens is 1. The molecule has 1 unspecified atom stereocenters. The molecule has 4 fully saturated rings. The first-order valence-corrected chi connectivity index (χ1v) is 18.1. The topological polar surface area (TPSA) is 149 Å². The van der Waals surface area contributed by atoms with Crippen LogP contribution in [0.3, 0.4) is 0 Å². The Morgan fingerprint density at radius 3 is 2.60 bits per heavy atom. The van der Waals surface area contributed by atoms with E-state index in [2.05, 4.69) is 44.7 Å². The average molecular weight is 693 g/mol. The fraction of sp³-hybridized carbons (Fsp3) is 0.611. The van der Waals surface area contributed by atoms with Crippen molar-refractivity contribution in [1.29, 1.82) is 0 Å². The summed E-state index contributed by atoms with van der Waals surface area (Å²) in [7, 11) is 0. The fourth-order valence-electron chi connectivity index (χ4n) is 7.65. The van der Waals surface area contributed by atoms with Gasteiger partial charge in [-0.05, 0) is 82.9 Å². The number of nitrogens with one attached hydrogen (secondary N) is 3. The zero-order chi connectivity index (χ0) is 35.2. The number of piperidine rings is 2. The molecule has 2 atom stereocenters. The van der Waals surface area contributed by atoms with Crippen LogP contribution in [0.5, 0.6) is 0 Å². The maximum absolute atomic E-state index is 14.9. The van der Waals surface area contributed by atoms with Crippen LogP contribution < -0.4 is 20.9 Å². The molecule has 2 aromatic rings. The van der Waals surface area contributed by atoms with Gasteiger partial charge in [0, 0.05) is 55.8 Å². The molecule has 14 heteroatoms. The second kappa shape index (κ2) is 16.2. The second-order valence-electron chi connectivity index (χ2n) is 14.0. The first kappa shape index (κ1) is 35.6. The number of aromatic nitrogens is 2. The maximum atomic E-state index is 14.9. The molecule has 3 N–H and O–H groups in total. The molecule has 3 saturated heterocycles. The Kier molecular flexibility index (Phi) is 11.6. The maximum Gasteiger partial charge on any atom is 0.414 e. The van der Waals surface area contributed by atoms with Gasteiger partial charge in [0.25, 0.3) is 0 Å². The van der Waals surface area contributed by atoms with Crippen molar-refractivity contribution in [1.82, 2.24) is 30.4 Å². The van der Waals surface area contributed by atoms with Crippen molar-refractivity contribution in [3.63, 3.8) is 0 Å². The Labute approximate surface area is 292 Å². The van der Waals surface area contributed by atoms with Crippen molar-refractivity contribution < 1.29 is 28.3 Å². The Hall–Kier alpha value is -4.17. The highest BCUT2D eigenvalue weighted by Crippen LogP contribution is 2.31. The number of cyclic esters (lactones) is 1. The highest BCUT2D eigenvalue weighted by Gasteiger charge is 2.34. The van der Waals surface area contributed by atoms with Gasteiger partial charge in [-0.15, -0.1) is 0 Å². The van der Waals surface area contributed by atoms with E-state index in [-0.39, 0.29) is 47.6 Å². The molecule has 0 spiro atoms. The van der Waals surface area contributed by atoms with Crippen LogP contribution in [0.25, 0.3) is 11.3 Å². The summed E-state index contributed by atoms with van der Waals surface area (Å²) in [6.07, 6.45) is 7.36. The average Bonchev–Trinajstić information content (AvgIpc) is 3.13. The molecule has 0 bridgehead atoms. The van der Waals surface area contributed by atoms with Gasteiger partial charge in [-0.25, -0.2) is 19.2 Å². The highest BCUT2D eigenvalue weighted by atomic mass is 19.1. The van der Waals surface area contributed by atoms with E-state index < -0.39 is 11.9 Å². The number of ether oxygens (including phenoxy) is 1. The molecule has 4 amide bonds. The van der Waals surface area contributed by atoms with Crippen LogP contribution in [0.15, 0.2) is 30.5 Å². The number of carbonyl (C=O) groups is 4. The van der Waals surface area contributed by atoms with Crippen molar-refractivity contribution in [3.8, 4) is 11.3 Å².